The van der Waals surface area contributed by atoms with Crippen LogP contribution in [0.4, 0.5) is 10.1 Å². The molecule has 21 heavy (non-hydrogen) atoms. The number of nitrogens with zero attached hydrogens (tertiary/aromatic N) is 3. The largest absolute Gasteiger partial charge is 0.362 e. The lowest BCUT2D eigenvalue weighted by molar-refractivity contribution is 0.550. The minimum Gasteiger partial charge on any atom is -0.362 e. The van der Waals surface area contributed by atoms with E-state index in [1.807, 2.05) is 18.5 Å². The molecule has 0 saturated heterocycles. The van der Waals surface area contributed by atoms with Gasteiger partial charge in [-0.3, -0.25) is 0 Å². The van der Waals surface area contributed by atoms with Crippen LogP contribution in [0, 0.1) is 5.82 Å². The normalized spacial score (nSPS) is 14.6. The van der Waals surface area contributed by atoms with Gasteiger partial charge in [0.2, 0.25) is 0 Å². The van der Waals surface area contributed by atoms with E-state index in [4.69, 9.17) is 0 Å². The summed E-state index contributed by atoms with van der Waals surface area (Å²) in [4.78, 5) is 6.66. The van der Waals surface area contributed by atoms with Crippen molar-refractivity contribution in [3.8, 4) is 0 Å². The fourth-order valence-corrected chi connectivity index (χ4v) is 2.70. The molecule has 0 saturated carbocycles. The summed E-state index contributed by atoms with van der Waals surface area (Å²) in [5.74, 6) is 0.881. The van der Waals surface area contributed by atoms with Crippen LogP contribution in [0.2, 0.25) is 0 Å². The molecule has 0 aliphatic carbocycles. The number of nitrogens with one attached hydrogen (secondary N) is 1. The number of imidazole rings is 1. The number of hydrogen-bond acceptors (Lipinski definition) is 3. The molecule has 0 bridgehead atoms. The van der Waals surface area contributed by atoms with Crippen LogP contribution in [-0.2, 0) is 19.6 Å². The molecule has 3 rings (SSSR count). The highest BCUT2D eigenvalue weighted by atomic mass is 19.1. The maximum absolute atomic E-state index is 13.6. The van der Waals surface area contributed by atoms with Crippen LogP contribution < -0.4 is 10.2 Å². The molecule has 1 aliphatic heterocycles. The van der Waals surface area contributed by atoms with Crippen molar-refractivity contribution < 1.29 is 4.39 Å². The molecule has 0 radical (unpaired) electrons. The quantitative estimate of drug-likeness (QED) is 0.938. The van der Waals surface area contributed by atoms with E-state index in [0.29, 0.717) is 12.6 Å². The highest BCUT2D eigenvalue weighted by molar-refractivity contribution is 5.54. The molecule has 2 aromatic rings. The van der Waals surface area contributed by atoms with E-state index in [-0.39, 0.29) is 5.82 Å². The molecule has 1 aromatic carbocycles. The fourth-order valence-electron chi connectivity index (χ4n) is 2.70. The third kappa shape index (κ3) is 3.08. The zero-order valence-electron chi connectivity index (χ0n) is 12.5. The topological polar surface area (TPSA) is 33.1 Å². The molecule has 0 amide bonds. The summed E-state index contributed by atoms with van der Waals surface area (Å²) in [6.45, 7) is 7.48. The summed E-state index contributed by atoms with van der Waals surface area (Å²) < 4.78 is 15.7. The first-order valence-electron chi connectivity index (χ1n) is 7.40. The van der Waals surface area contributed by atoms with Crippen LogP contribution in [0.1, 0.15) is 25.2 Å². The summed E-state index contributed by atoms with van der Waals surface area (Å²) in [7, 11) is 0. The molecule has 2 heterocycles. The first kappa shape index (κ1) is 14.1. The van der Waals surface area contributed by atoms with Gasteiger partial charge in [-0.25, -0.2) is 9.37 Å². The number of halogens is 1. The van der Waals surface area contributed by atoms with Crippen LogP contribution >= 0.6 is 0 Å². The number of anilines is 1. The second kappa shape index (κ2) is 5.85. The van der Waals surface area contributed by atoms with E-state index in [1.165, 1.54) is 6.07 Å². The van der Waals surface area contributed by atoms with Crippen molar-refractivity contribution in [1.82, 2.24) is 14.9 Å². The third-order valence-corrected chi connectivity index (χ3v) is 3.83. The van der Waals surface area contributed by atoms with E-state index < -0.39 is 0 Å². The average Bonchev–Trinajstić information content (AvgIpc) is 2.92. The van der Waals surface area contributed by atoms with Gasteiger partial charge in [-0.05, 0) is 23.8 Å². The van der Waals surface area contributed by atoms with Gasteiger partial charge in [0.05, 0.1) is 6.54 Å². The Balaban J connectivity index is 1.84. The van der Waals surface area contributed by atoms with Crippen molar-refractivity contribution in [3.63, 3.8) is 0 Å². The molecule has 0 fully saturated rings. The molecule has 5 heteroatoms. The van der Waals surface area contributed by atoms with E-state index in [0.717, 1.165) is 36.7 Å². The molecule has 1 N–H and O–H groups in total. The van der Waals surface area contributed by atoms with E-state index >= 15 is 0 Å². The smallest absolute Gasteiger partial charge is 0.128 e. The van der Waals surface area contributed by atoms with Crippen LogP contribution in [0.3, 0.4) is 0 Å². The monoisotopic (exact) mass is 288 g/mol. The van der Waals surface area contributed by atoms with Crippen molar-refractivity contribution in [1.29, 1.82) is 0 Å². The first-order valence-corrected chi connectivity index (χ1v) is 7.40. The minimum atomic E-state index is -0.183. The average molecular weight is 288 g/mol. The highest BCUT2D eigenvalue weighted by Crippen LogP contribution is 2.25. The number of fused-ring (bicyclic) bond motifs is 1. The van der Waals surface area contributed by atoms with E-state index in [2.05, 4.69) is 33.6 Å². The number of benzene rings is 1. The lowest BCUT2D eigenvalue weighted by Gasteiger charge is -2.31. The van der Waals surface area contributed by atoms with Crippen LogP contribution in [0.25, 0.3) is 0 Å². The maximum atomic E-state index is 13.6. The Labute approximate surface area is 124 Å². The SMILES string of the molecule is CC(C)NCc1cc(F)ccc1N1CCn2ccnc2C1. The van der Waals surface area contributed by atoms with Crippen molar-refractivity contribution in [2.45, 2.75) is 39.5 Å². The maximum Gasteiger partial charge on any atom is 0.128 e. The molecule has 1 aliphatic rings. The van der Waals surface area contributed by atoms with Gasteiger partial charge in [-0.1, -0.05) is 13.8 Å². The summed E-state index contributed by atoms with van der Waals surface area (Å²) in [6, 6.07) is 5.42. The zero-order valence-corrected chi connectivity index (χ0v) is 12.5. The number of rotatable bonds is 4. The standard InChI is InChI=1S/C16H21FN4/c1-12(2)19-10-13-9-14(17)3-4-15(13)21-8-7-20-6-5-18-16(20)11-21/h3-6,9,12,19H,7-8,10-11H2,1-2H3. The molecule has 0 spiro atoms. The lowest BCUT2D eigenvalue weighted by Crippen LogP contribution is -2.34. The summed E-state index contributed by atoms with van der Waals surface area (Å²) in [6.07, 6.45) is 3.85. The summed E-state index contributed by atoms with van der Waals surface area (Å²) in [5.41, 5.74) is 2.10. The van der Waals surface area contributed by atoms with E-state index in [9.17, 15) is 4.39 Å². The summed E-state index contributed by atoms with van der Waals surface area (Å²) in [5, 5.41) is 3.37. The Morgan fingerprint density at radius 2 is 2.19 bits per heavy atom. The minimum absolute atomic E-state index is 0.183. The lowest BCUT2D eigenvalue weighted by atomic mass is 10.1. The predicted molar refractivity (Wildman–Crippen MR) is 81.7 cm³/mol. The van der Waals surface area contributed by atoms with Gasteiger partial charge >= 0.3 is 0 Å². The molecule has 112 valence electrons. The molecular weight excluding hydrogens is 267 g/mol. The van der Waals surface area contributed by atoms with Gasteiger partial charge in [0.15, 0.2) is 0 Å². The number of aromatic nitrogens is 2. The Morgan fingerprint density at radius 1 is 1.33 bits per heavy atom. The second-order valence-corrected chi connectivity index (χ2v) is 5.77. The van der Waals surface area contributed by atoms with Crippen molar-refractivity contribution >= 4 is 5.69 Å². The molecule has 1 aromatic heterocycles. The zero-order chi connectivity index (χ0) is 14.8. The van der Waals surface area contributed by atoms with Gasteiger partial charge in [-0.2, -0.15) is 0 Å². The van der Waals surface area contributed by atoms with Gasteiger partial charge in [0.1, 0.15) is 11.6 Å². The Hall–Kier alpha value is -1.88. The molecular formula is C16H21FN4. The van der Waals surface area contributed by atoms with Crippen LogP contribution in [-0.4, -0.2) is 22.1 Å². The highest BCUT2D eigenvalue weighted by Gasteiger charge is 2.19. The van der Waals surface area contributed by atoms with Crippen molar-refractivity contribution in [2.75, 3.05) is 11.4 Å². The molecule has 4 nitrogen and oxygen atoms in total. The van der Waals surface area contributed by atoms with Gasteiger partial charge in [0.25, 0.3) is 0 Å². The van der Waals surface area contributed by atoms with Crippen molar-refractivity contribution in [2.24, 2.45) is 0 Å². The predicted octanol–water partition coefficient (Wildman–Crippen LogP) is 2.54. The van der Waals surface area contributed by atoms with Gasteiger partial charge in [-0.15, -0.1) is 0 Å². The Kier molecular flexibility index (Phi) is 3.92. The third-order valence-electron chi connectivity index (χ3n) is 3.83. The first-order chi connectivity index (χ1) is 10.1. The molecule has 0 unspecified atom stereocenters. The fraction of sp³-hybridized carbons (Fsp3) is 0.438. The van der Waals surface area contributed by atoms with Crippen LogP contribution in [0.15, 0.2) is 30.6 Å². The second-order valence-electron chi connectivity index (χ2n) is 5.77. The van der Waals surface area contributed by atoms with Gasteiger partial charge in [0, 0.05) is 43.8 Å². The Bertz CT molecular complexity index is 620. The van der Waals surface area contributed by atoms with E-state index in [1.54, 1.807) is 6.07 Å². The van der Waals surface area contributed by atoms with Crippen LogP contribution in [0.5, 0.6) is 0 Å². The van der Waals surface area contributed by atoms with Gasteiger partial charge < -0.3 is 14.8 Å². The molecule has 0 atom stereocenters. The van der Waals surface area contributed by atoms with Crippen molar-refractivity contribution in [3.05, 3.63) is 47.8 Å². The Morgan fingerprint density at radius 3 is 3.00 bits per heavy atom. The number of hydrogen-bond donors (Lipinski definition) is 1. The summed E-state index contributed by atoms with van der Waals surface area (Å²) >= 11 is 0.